The molecule has 0 radical (unpaired) electrons. The summed E-state index contributed by atoms with van der Waals surface area (Å²) < 4.78 is 16.6. The van der Waals surface area contributed by atoms with E-state index in [0.29, 0.717) is 29.8 Å². The average Bonchev–Trinajstić information content (AvgIpc) is 3.42. The normalized spacial score (nSPS) is 16.5. The van der Waals surface area contributed by atoms with E-state index in [9.17, 15) is 9.59 Å². The molecule has 1 aliphatic rings. The number of hydrogen-bond acceptors (Lipinski definition) is 4. The quantitative estimate of drug-likeness (QED) is 0.483. The van der Waals surface area contributed by atoms with Crippen LogP contribution in [-0.4, -0.2) is 20.3 Å². The maximum absolute atomic E-state index is 13.4. The predicted molar refractivity (Wildman–Crippen MR) is 123 cm³/mol. The van der Waals surface area contributed by atoms with Gasteiger partial charge in [0.2, 0.25) is 0 Å². The zero-order valence-corrected chi connectivity index (χ0v) is 19.0. The third-order valence-corrected chi connectivity index (χ3v) is 6.38. The van der Waals surface area contributed by atoms with E-state index < -0.39 is 6.10 Å². The van der Waals surface area contributed by atoms with Gasteiger partial charge in [0.25, 0.3) is 5.56 Å². The maximum Gasteiger partial charge on any atom is 0.331 e. The Kier molecular flexibility index (Phi) is 4.57. The molecule has 4 aromatic rings. The van der Waals surface area contributed by atoms with Crippen molar-refractivity contribution in [1.82, 2.24) is 13.7 Å². The van der Waals surface area contributed by atoms with Crippen LogP contribution in [0.25, 0.3) is 22.2 Å². The summed E-state index contributed by atoms with van der Waals surface area (Å²) in [7, 11) is 3.22. The summed E-state index contributed by atoms with van der Waals surface area (Å²) in [5.74, 6) is 0.646. The Hall–Kier alpha value is -3.32. The van der Waals surface area contributed by atoms with E-state index in [2.05, 4.69) is 49.6 Å². The van der Waals surface area contributed by atoms with Crippen LogP contribution in [0.4, 0.5) is 0 Å². The molecule has 0 amide bonds. The second kappa shape index (κ2) is 7.10. The first-order valence-corrected chi connectivity index (χ1v) is 10.8. The van der Waals surface area contributed by atoms with Gasteiger partial charge in [-0.1, -0.05) is 45.0 Å². The van der Waals surface area contributed by atoms with E-state index in [1.165, 1.54) is 17.2 Å². The molecule has 0 spiro atoms. The fourth-order valence-electron chi connectivity index (χ4n) is 4.67. The number of hydrogen-bond donors (Lipinski definition) is 0. The van der Waals surface area contributed by atoms with Gasteiger partial charge in [0.05, 0.1) is 35.2 Å². The Morgan fingerprint density at radius 3 is 2.34 bits per heavy atom. The number of rotatable bonds is 2. The summed E-state index contributed by atoms with van der Waals surface area (Å²) in [6, 6.07) is 12.0. The first-order chi connectivity index (χ1) is 15.2. The van der Waals surface area contributed by atoms with Crippen molar-refractivity contribution in [2.45, 2.75) is 38.8 Å². The summed E-state index contributed by atoms with van der Waals surface area (Å²) in [4.78, 5) is 26.2. The lowest BCUT2D eigenvalue weighted by molar-refractivity contribution is 0.0347. The Morgan fingerprint density at radius 2 is 1.72 bits per heavy atom. The first kappa shape index (κ1) is 20.6. The lowest BCUT2D eigenvalue weighted by atomic mass is 9.86. The molecule has 166 valence electrons. The van der Waals surface area contributed by atoms with Crippen LogP contribution < -0.4 is 11.2 Å². The van der Waals surface area contributed by atoms with E-state index in [0.717, 1.165) is 17.0 Å². The topological polar surface area (TPSA) is 71.3 Å². The Bertz CT molecular complexity index is 1430. The summed E-state index contributed by atoms with van der Waals surface area (Å²) >= 11 is 0. The monoisotopic (exact) mass is 433 g/mol. The largest absolute Gasteiger partial charge is 0.466 e. The van der Waals surface area contributed by atoms with Gasteiger partial charge in [-0.25, -0.2) is 4.79 Å². The van der Waals surface area contributed by atoms with Crippen LogP contribution in [0.5, 0.6) is 0 Å². The summed E-state index contributed by atoms with van der Waals surface area (Å²) in [6.07, 6.45) is 1.11. The lowest BCUT2D eigenvalue weighted by Gasteiger charge is -2.26. The maximum atomic E-state index is 13.4. The molecule has 7 nitrogen and oxygen atoms in total. The van der Waals surface area contributed by atoms with Crippen molar-refractivity contribution in [3.05, 3.63) is 80.5 Å². The van der Waals surface area contributed by atoms with Crippen molar-refractivity contribution in [1.29, 1.82) is 0 Å². The molecule has 0 saturated heterocycles. The van der Waals surface area contributed by atoms with Crippen LogP contribution in [0.2, 0.25) is 0 Å². The smallest absolute Gasteiger partial charge is 0.331 e. The molecule has 0 bridgehead atoms. The molecule has 1 atom stereocenters. The minimum atomic E-state index is -0.499. The standard InChI is InChI=1S/C25H27N3O4/c1-25(2,3)16-10-8-15(9-11-16)19-18-20(26(4)24(30)27(5)23(18)29)21-22(17-7-6-13-31-17)32-14-12-28(19)21/h6-11,13,22H,12,14H2,1-5H3/t22-/m1/s1. The molecule has 0 unspecified atom stereocenters. The second-order valence-corrected chi connectivity index (χ2v) is 9.41. The van der Waals surface area contributed by atoms with Gasteiger partial charge in [0.15, 0.2) is 6.10 Å². The highest BCUT2D eigenvalue weighted by Gasteiger charge is 2.34. The molecule has 1 aliphatic heterocycles. The van der Waals surface area contributed by atoms with Gasteiger partial charge >= 0.3 is 5.69 Å². The Labute approximate surface area is 185 Å². The lowest BCUT2D eigenvalue weighted by Crippen LogP contribution is -2.37. The Balaban J connectivity index is 1.89. The highest BCUT2D eigenvalue weighted by molar-refractivity contribution is 5.96. The average molecular weight is 434 g/mol. The fourth-order valence-corrected chi connectivity index (χ4v) is 4.67. The molecule has 0 fully saturated rings. The Morgan fingerprint density at radius 1 is 1.00 bits per heavy atom. The van der Waals surface area contributed by atoms with Gasteiger partial charge in [-0.3, -0.25) is 13.9 Å². The number of benzene rings is 1. The molecule has 32 heavy (non-hydrogen) atoms. The zero-order valence-electron chi connectivity index (χ0n) is 19.0. The van der Waals surface area contributed by atoms with Crippen LogP contribution >= 0.6 is 0 Å². The number of aromatic nitrogens is 3. The van der Waals surface area contributed by atoms with Crippen LogP contribution in [0.15, 0.2) is 56.7 Å². The molecule has 1 aromatic carbocycles. The van der Waals surface area contributed by atoms with Crippen LogP contribution in [-0.2, 0) is 30.8 Å². The number of nitrogens with zero attached hydrogens (tertiary/aromatic N) is 3. The van der Waals surface area contributed by atoms with E-state index in [4.69, 9.17) is 9.15 Å². The number of furan rings is 1. The van der Waals surface area contributed by atoms with Gasteiger partial charge < -0.3 is 13.7 Å². The molecular formula is C25H27N3O4. The zero-order chi connectivity index (χ0) is 22.8. The summed E-state index contributed by atoms with van der Waals surface area (Å²) in [5.41, 5.74) is 3.68. The molecule has 0 N–H and O–H groups in total. The van der Waals surface area contributed by atoms with E-state index in [-0.39, 0.29) is 16.7 Å². The van der Waals surface area contributed by atoms with Gasteiger partial charge in [-0.05, 0) is 28.7 Å². The molecule has 3 aromatic heterocycles. The summed E-state index contributed by atoms with van der Waals surface area (Å²) in [5, 5.41) is 0.523. The third-order valence-electron chi connectivity index (χ3n) is 6.38. The molecular weight excluding hydrogens is 406 g/mol. The highest BCUT2D eigenvalue weighted by atomic mass is 16.5. The van der Waals surface area contributed by atoms with Crippen LogP contribution in [0.3, 0.4) is 0 Å². The minimum Gasteiger partial charge on any atom is -0.466 e. The number of ether oxygens (including phenoxy) is 1. The SMILES string of the molecule is Cn1c(=O)c2c(-c3ccc(C(C)(C)C)cc3)n3c(c2n(C)c1=O)[C@@H](c1ccco1)OCC3. The van der Waals surface area contributed by atoms with Crippen molar-refractivity contribution in [2.75, 3.05) is 6.61 Å². The molecule has 0 saturated carbocycles. The number of aryl methyl sites for hydroxylation is 1. The van der Waals surface area contributed by atoms with Crippen molar-refractivity contribution >= 4 is 10.9 Å². The van der Waals surface area contributed by atoms with Gasteiger partial charge in [-0.15, -0.1) is 0 Å². The van der Waals surface area contributed by atoms with Crippen molar-refractivity contribution in [3.8, 4) is 11.3 Å². The molecule has 5 rings (SSSR count). The third kappa shape index (κ3) is 2.92. The summed E-state index contributed by atoms with van der Waals surface area (Å²) in [6.45, 7) is 7.57. The van der Waals surface area contributed by atoms with Crippen molar-refractivity contribution in [2.24, 2.45) is 14.1 Å². The van der Waals surface area contributed by atoms with E-state index in [1.807, 2.05) is 12.1 Å². The van der Waals surface area contributed by atoms with E-state index >= 15 is 0 Å². The predicted octanol–water partition coefficient (Wildman–Crippen LogP) is 3.72. The number of fused-ring (bicyclic) bond motifs is 3. The highest BCUT2D eigenvalue weighted by Crippen LogP contribution is 2.41. The van der Waals surface area contributed by atoms with E-state index in [1.54, 1.807) is 17.9 Å². The first-order valence-electron chi connectivity index (χ1n) is 10.8. The van der Waals surface area contributed by atoms with Crippen LogP contribution in [0.1, 0.15) is 43.9 Å². The van der Waals surface area contributed by atoms with Gasteiger partial charge in [-0.2, -0.15) is 0 Å². The van der Waals surface area contributed by atoms with Crippen LogP contribution in [0, 0.1) is 0 Å². The fraction of sp³-hybridized carbons (Fsp3) is 0.360. The minimum absolute atomic E-state index is 0.0252. The molecule has 0 aliphatic carbocycles. The van der Waals surface area contributed by atoms with Crippen molar-refractivity contribution in [3.63, 3.8) is 0 Å². The molecule has 4 heterocycles. The molecule has 7 heteroatoms. The second-order valence-electron chi connectivity index (χ2n) is 9.41. The van der Waals surface area contributed by atoms with Crippen molar-refractivity contribution < 1.29 is 9.15 Å². The van der Waals surface area contributed by atoms with Gasteiger partial charge in [0.1, 0.15) is 5.76 Å². The van der Waals surface area contributed by atoms with Gasteiger partial charge in [0, 0.05) is 20.6 Å².